The van der Waals surface area contributed by atoms with Crippen LogP contribution in [0.5, 0.6) is 0 Å². The summed E-state index contributed by atoms with van der Waals surface area (Å²) in [7, 11) is 0. The molecule has 0 atom stereocenters. The predicted octanol–water partition coefficient (Wildman–Crippen LogP) is -0.442. The lowest BCUT2D eigenvalue weighted by molar-refractivity contribution is -0.142. The molecule has 7 nitrogen and oxygen atoms in total. The number of fused-ring (bicyclic) bond motifs is 1. The van der Waals surface area contributed by atoms with Crippen molar-refractivity contribution in [1.29, 1.82) is 0 Å². The highest BCUT2D eigenvalue weighted by Gasteiger charge is 2.28. The molecule has 1 N–H and O–H groups in total. The number of carbonyl (C=O) groups is 3. The second kappa shape index (κ2) is 5.05. The van der Waals surface area contributed by atoms with Crippen molar-refractivity contribution in [3.8, 4) is 0 Å². The highest BCUT2D eigenvalue weighted by molar-refractivity contribution is 6.10. The first kappa shape index (κ1) is 13.0. The van der Waals surface area contributed by atoms with Crippen LogP contribution in [0.25, 0.3) is 0 Å². The van der Waals surface area contributed by atoms with Gasteiger partial charge in [-0.1, -0.05) is 0 Å². The first-order chi connectivity index (χ1) is 9.01. The minimum Gasteiger partial charge on any atom is -0.466 e. The Bertz CT molecular complexity index is 615. The summed E-state index contributed by atoms with van der Waals surface area (Å²) in [5.41, 5.74) is -0.442. The number of imide groups is 1. The molecule has 0 radical (unpaired) electrons. The van der Waals surface area contributed by atoms with Gasteiger partial charge in [-0.05, 0) is 12.5 Å². The van der Waals surface area contributed by atoms with E-state index in [4.69, 9.17) is 9.15 Å². The van der Waals surface area contributed by atoms with Crippen molar-refractivity contribution in [2.75, 3.05) is 6.61 Å². The highest BCUT2D eigenvalue weighted by atomic mass is 16.5. The fourth-order valence-corrected chi connectivity index (χ4v) is 1.88. The lowest BCUT2D eigenvalue weighted by atomic mass is 9.99. The van der Waals surface area contributed by atoms with E-state index in [-0.39, 0.29) is 36.3 Å². The van der Waals surface area contributed by atoms with E-state index in [1.807, 2.05) is 0 Å². The molecule has 7 heteroatoms. The van der Waals surface area contributed by atoms with Crippen molar-refractivity contribution in [3.05, 3.63) is 33.4 Å². The van der Waals surface area contributed by atoms with Gasteiger partial charge in [0.2, 0.25) is 5.91 Å². The maximum absolute atomic E-state index is 11.7. The van der Waals surface area contributed by atoms with Gasteiger partial charge in [-0.15, -0.1) is 0 Å². The van der Waals surface area contributed by atoms with Gasteiger partial charge in [0.05, 0.1) is 25.0 Å². The van der Waals surface area contributed by atoms with Crippen LogP contribution < -0.4 is 10.9 Å². The monoisotopic (exact) mass is 265 g/mol. The summed E-state index contributed by atoms with van der Waals surface area (Å²) >= 11 is 0. The number of carbonyl (C=O) groups excluding carboxylic acids is 3. The fourth-order valence-electron chi connectivity index (χ4n) is 1.88. The third-order valence-corrected chi connectivity index (χ3v) is 2.56. The van der Waals surface area contributed by atoms with Crippen molar-refractivity contribution < 1.29 is 23.5 Å². The van der Waals surface area contributed by atoms with Gasteiger partial charge in [-0.25, -0.2) is 4.79 Å². The van der Waals surface area contributed by atoms with Crippen molar-refractivity contribution in [1.82, 2.24) is 5.32 Å². The van der Waals surface area contributed by atoms with Gasteiger partial charge in [-0.2, -0.15) is 0 Å². The molecule has 1 aromatic rings. The quantitative estimate of drug-likeness (QED) is 0.587. The van der Waals surface area contributed by atoms with Crippen LogP contribution in [0.2, 0.25) is 0 Å². The zero-order valence-electron chi connectivity index (χ0n) is 10.1. The first-order valence-electron chi connectivity index (χ1n) is 5.67. The van der Waals surface area contributed by atoms with Gasteiger partial charge < -0.3 is 9.15 Å². The van der Waals surface area contributed by atoms with E-state index in [0.29, 0.717) is 0 Å². The number of ether oxygens (including phenoxy) is 1. The largest absolute Gasteiger partial charge is 0.466 e. The smallest absolute Gasteiger partial charge is 0.336 e. The van der Waals surface area contributed by atoms with Crippen molar-refractivity contribution in [2.45, 2.75) is 19.8 Å². The summed E-state index contributed by atoms with van der Waals surface area (Å²) in [4.78, 5) is 45.7. The Kier molecular flexibility index (Phi) is 3.46. The average Bonchev–Trinajstić information content (AvgIpc) is 2.26. The van der Waals surface area contributed by atoms with Crippen LogP contribution in [0.1, 0.15) is 28.6 Å². The van der Waals surface area contributed by atoms with E-state index in [9.17, 15) is 19.2 Å². The molecule has 0 spiro atoms. The van der Waals surface area contributed by atoms with Crippen LogP contribution in [0.3, 0.4) is 0 Å². The second-order valence-electron chi connectivity index (χ2n) is 3.92. The van der Waals surface area contributed by atoms with Gasteiger partial charge in [0.15, 0.2) is 0 Å². The van der Waals surface area contributed by atoms with E-state index in [1.54, 1.807) is 6.92 Å². The molecule has 100 valence electrons. The van der Waals surface area contributed by atoms with Crippen LogP contribution in [-0.4, -0.2) is 24.4 Å². The summed E-state index contributed by atoms with van der Waals surface area (Å²) in [5, 5.41) is 2.11. The number of hydrogen-bond acceptors (Lipinski definition) is 6. The first-order valence-corrected chi connectivity index (χ1v) is 5.67. The maximum Gasteiger partial charge on any atom is 0.336 e. The van der Waals surface area contributed by atoms with Crippen LogP contribution in [0.15, 0.2) is 15.3 Å². The molecular formula is C12H11NO6. The normalized spacial score (nSPS) is 13.7. The van der Waals surface area contributed by atoms with Crippen molar-refractivity contribution in [2.24, 2.45) is 0 Å². The molecule has 0 bridgehead atoms. The van der Waals surface area contributed by atoms with Gasteiger partial charge in [0.1, 0.15) is 5.76 Å². The topological polar surface area (TPSA) is 103 Å². The predicted molar refractivity (Wildman–Crippen MR) is 61.5 cm³/mol. The summed E-state index contributed by atoms with van der Waals surface area (Å²) < 4.78 is 9.60. The molecule has 0 saturated heterocycles. The van der Waals surface area contributed by atoms with Crippen LogP contribution in [-0.2, 0) is 27.2 Å². The van der Waals surface area contributed by atoms with Crippen molar-refractivity contribution in [3.63, 3.8) is 0 Å². The van der Waals surface area contributed by atoms with E-state index >= 15 is 0 Å². The zero-order valence-corrected chi connectivity index (χ0v) is 10.1. The number of esters is 1. The number of amides is 2. The molecule has 2 rings (SSSR count). The standard InChI is InChI=1S/C12H11NO6/c1-2-18-9(15)3-6-4-10(16)19-7-5-8(14)13-12(17)11(6)7/h4H,2-3,5H2,1H3,(H,13,14,17). The number of rotatable bonds is 3. The Morgan fingerprint density at radius 2 is 2.16 bits per heavy atom. The summed E-state index contributed by atoms with van der Waals surface area (Å²) in [6.45, 7) is 1.85. The van der Waals surface area contributed by atoms with E-state index < -0.39 is 23.4 Å². The van der Waals surface area contributed by atoms with Gasteiger partial charge in [0.25, 0.3) is 5.91 Å². The van der Waals surface area contributed by atoms with Crippen LogP contribution >= 0.6 is 0 Å². The zero-order chi connectivity index (χ0) is 14.0. The minimum atomic E-state index is -0.708. The molecule has 0 aromatic carbocycles. The fraction of sp³-hybridized carbons (Fsp3) is 0.333. The third kappa shape index (κ3) is 2.70. The van der Waals surface area contributed by atoms with E-state index in [0.717, 1.165) is 6.07 Å². The Morgan fingerprint density at radius 3 is 2.84 bits per heavy atom. The molecule has 1 aromatic heterocycles. The van der Waals surface area contributed by atoms with Gasteiger partial charge >= 0.3 is 11.6 Å². The van der Waals surface area contributed by atoms with Crippen molar-refractivity contribution >= 4 is 17.8 Å². The SMILES string of the molecule is CCOC(=O)Cc1cc(=O)oc2c1C(=O)NC(=O)C2. The summed E-state index contributed by atoms with van der Waals surface area (Å²) in [5.74, 6) is -1.79. The molecule has 2 heterocycles. The third-order valence-electron chi connectivity index (χ3n) is 2.56. The second-order valence-corrected chi connectivity index (χ2v) is 3.92. The molecule has 0 fully saturated rings. The lowest BCUT2D eigenvalue weighted by Crippen LogP contribution is -2.39. The maximum atomic E-state index is 11.7. The van der Waals surface area contributed by atoms with Gasteiger partial charge in [0, 0.05) is 6.07 Å². The molecule has 1 aliphatic heterocycles. The molecular weight excluding hydrogens is 254 g/mol. The van der Waals surface area contributed by atoms with E-state index in [2.05, 4.69) is 5.32 Å². The summed E-state index contributed by atoms with van der Waals surface area (Å²) in [6, 6.07) is 1.06. The Labute approximate surface area is 107 Å². The minimum absolute atomic E-state index is 0.0134. The molecule has 0 saturated carbocycles. The van der Waals surface area contributed by atoms with Crippen LogP contribution in [0.4, 0.5) is 0 Å². The average molecular weight is 265 g/mol. The highest BCUT2D eigenvalue weighted by Crippen LogP contribution is 2.18. The molecule has 19 heavy (non-hydrogen) atoms. The molecule has 2 amide bonds. The Hall–Kier alpha value is -2.44. The molecule has 0 unspecified atom stereocenters. The van der Waals surface area contributed by atoms with E-state index in [1.165, 1.54) is 0 Å². The van der Waals surface area contributed by atoms with Gasteiger partial charge in [-0.3, -0.25) is 19.7 Å². The molecule has 1 aliphatic rings. The van der Waals surface area contributed by atoms with Crippen LogP contribution in [0, 0.1) is 0 Å². The lowest BCUT2D eigenvalue weighted by Gasteiger charge is -2.16. The number of hydrogen-bond donors (Lipinski definition) is 1. The summed E-state index contributed by atoms with van der Waals surface area (Å²) in [6.07, 6.45) is -0.420. The number of nitrogens with one attached hydrogen (secondary N) is 1. The molecule has 0 aliphatic carbocycles. The Morgan fingerprint density at radius 1 is 1.42 bits per heavy atom. The Balaban J connectivity index is 2.44.